The van der Waals surface area contributed by atoms with E-state index >= 15 is 0 Å². The Balaban J connectivity index is 1.64. The molecule has 0 spiro atoms. The van der Waals surface area contributed by atoms with Crippen molar-refractivity contribution < 1.29 is 14.6 Å². The van der Waals surface area contributed by atoms with Gasteiger partial charge in [0.25, 0.3) is 0 Å². The molecule has 0 aromatic carbocycles. The van der Waals surface area contributed by atoms with Crippen molar-refractivity contribution in [1.82, 2.24) is 10.2 Å². The van der Waals surface area contributed by atoms with E-state index in [4.69, 9.17) is 9.47 Å². The maximum absolute atomic E-state index is 10.1. The summed E-state index contributed by atoms with van der Waals surface area (Å²) in [4.78, 5) is 2.39. The Morgan fingerprint density at radius 3 is 3.06 bits per heavy atom. The molecule has 0 aromatic heterocycles. The molecule has 0 aliphatic carbocycles. The van der Waals surface area contributed by atoms with Gasteiger partial charge >= 0.3 is 0 Å². The van der Waals surface area contributed by atoms with Crippen LogP contribution in [-0.4, -0.2) is 74.3 Å². The van der Waals surface area contributed by atoms with Crippen molar-refractivity contribution in [2.45, 2.75) is 25.0 Å². The van der Waals surface area contributed by atoms with Gasteiger partial charge in [-0.25, -0.2) is 0 Å². The predicted octanol–water partition coefficient (Wildman–Crippen LogP) is -0.552. The average Bonchev–Trinajstić information content (AvgIpc) is 2.77. The van der Waals surface area contributed by atoms with Gasteiger partial charge in [0.1, 0.15) is 5.60 Å². The molecule has 2 unspecified atom stereocenters. The van der Waals surface area contributed by atoms with Crippen LogP contribution in [0.15, 0.2) is 0 Å². The van der Waals surface area contributed by atoms with E-state index in [-0.39, 0.29) is 6.10 Å². The highest BCUT2D eigenvalue weighted by atomic mass is 16.5. The van der Waals surface area contributed by atoms with Gasteiger partial charge in [-0.05, 0) is 6.54 Å². The minimum atomic E-state index is -0.668. The Morgan fingerprint density at radius 2 is 2.35 bits per heavy atom. The first kappa shape index (κ1) is 13.2. The highest BCUT2D eigenvalue weighted by Gasteiger charge is 2.32. The van der Waals surface area contributed by atoms with Crippen LogP contribution in [-0.2, 0) is 9.47 Å². The van der Waals surface area contributed by atoms with E-state index in [2.05, 4.69) is 17.1 Å². The molecule has 2 atom stereocenters. The summed E-state index contributed by atoms with van der Waals surface area (Å²) in [5.41, 5.74) is -0.668. The van der Waals surface area contributed by atoms with Crippen LogP contribution in [0, 0.1) is 0 Å². The van der Waals surface area contributed by atoms with E-state index in [1.54, 1.807) is 0 Å². The van der Waals surface area contributed by atoms with Crippen LogP contribution in [0.25, 0.3) is 0 Å². The lowest BCUT2D eigenvalue weighted by Crippen LogP contribution is -2.49. The second-order valence-electron chi connectivity index (χ2n) is 5.04. The molecule has 0 bridgehead atoms. The molecule has 2 aliphatic rings. The molecule has 5 nitrogen and oxygen atoms in total. The zero-order valence-electron chi connectivity index (χ0n) is 10.7. The van der Waals surface area contributed by atoms with Gasteiger partial charge in [-0.15, -0.1) is 0 Å². The molecule has 5 heteroatoms. The zero-order chi connectivity index (χ0) is 12.1. The Kier molecular flexibility index (Phi) is 4.76. The van der Waals surface area contributed by atoms with Gasteiger partial charge in [-0.1, -0.05) is 6.92 Å². The van der Waals surface area contributed by atoms with Gasteiger partial charge in [0.2, 0.25) is 0 Å². The number of ether oxygens (including phenoxy) is 2. The van der Waals surface area contributed by atoms with Gasteiger partial charge in [0.05, 0.1) is 19.3 Å². The van der Waals surface area contributed by atoms with Gasteiger partial charge in [-0.3, -0.25) is 4.90 Å². The number of likely N-dealkylation sites (N-methyl/N-ethyl adjacent to an activating group) is 1. The molecule has 17 heavy (non-hydrogen) atoms. The number of hydrogen-bond donors (Lipinski definition) is 2. The Morgan fingerprint density at radius 1 is 1.47 bits per heavy atom. The van der Waals surface area contributed by atoms with Crippen molar-refractivity contribution in [3.63, 3.8) is 0 Å². The maximum atomic E-state index is 10.1. The topological polar surface area (TPSA) is 54.0 Å². The third-order valence-electron chi connectivity index (χ3n) is 3.58. The first-order valence-corrected chi connectivity index (χ1v) is 6.57. The molecule has 100 valence electrons. The fourth-order valence-corrected chi connectivity index (χ4v) is 2.39. The van der Waals surface area contributed by atoms with Gasteiger partial charge < -0.3 is 19.9 Å². The number of hydrogen-bond acceptors (Lipinski definition) is 5. The van der Waals surface area contributed by atoms with Crippen LogP contribution < -0.4 is 5.32 Å². The highest BCUT2D eigenvalue weighted by Crippen LogP contribution is 2.16. The molecular weight excluding hydrogens is 220 g/mol. The predicted molar refractivity (Wildman–Crippen MR) is 65.1 cm³/mol. The van der Waals surface area contributed by atoms with Crippen LogP contribution in [0.1, 0.15) is 13.3 Å². The molecule has 0 saturated carbocycles. The highest BCUT2D eigenvalue weighted by molar-refractivity contribution is 4.85. The van der Waals surface area contributed by atoms with E-state index in [0.29, 0.717) is 19.8 Å². The maximum Gasteiger partial charge on any atom is 0.102 e. The summed E-state index contributed by atoms with van der Waals surface area (Å²) in [6, 6.07) is 0. The molecule has 0 radical (unpaired) electrons. The van der Waals surface area contributed by atoms with Gasteiger partial charge in [0.15, 0.2) is 0 Å². The third-order valence-corrected chi connectivity index (χ3v) is 3.58. The lowest BCUT2D eigenvalue weighted by atomic mass is 10.0. The Bertz CT molecular complexity index is 232. The summed E-state index contributed by atoms with van der Waals surface area (Å²) in [6.07, 6.45) is 0.974. The summed E-state index contributed by atoms with van der Waals surface area (Å²) >= 11 is 0. The smallest absolute Gasteiger partial charge is 0.102 e. The van der Waals surface area contributed by atoms with E-state index in [1.807, 2.05) is 0 Å². The molecule has 2 aliphatic heterocycles. The van der Waals surface area contributed by atoms with Gasteiger partial charge in [-0.2, -0.15) is 0 Å². The van der Waals surface area contributed by atoms with Crippen LogP contribution in [0.4, 0.5) is 0 Å². The summed E-state index contributed by atoms with van der Waals surface area (Å²) < 4.78 is 10.9. The van der Waals surface area contributed by atoms with Crippen LogP contribution in [0.2, 0.25) is 0 Å². The summed E-state index contributed by atoms with van der Waals surface area (Å²) in [6.45, 7) is 8.61. The second kappa shape index (κ2) is 6.11. The van der Waals surface area contributed by atoms with Crippen LogP contribution in [0.3, 0.4) is 0 Å². The Hall–Kier alpha value is -0.200. The normalized spacial score (nSPS) is 35.3. The first-order chi connectivity index (χ1) is 8.22. The van der Waals surface area contributed by atoms with E-state index in [9.17, 15) is 5.11 Å². The number of morpholine rings is 1. The Labute approximate surface area is 103 Å². The zero-order valence-corrected chi connectivity index (χ0v) is 10.7. The first-order valence-electron chi connectivity index (χ1n) is 6.57. The molecule has 2 heterocycles. The fraction of sp³-hybridized carbons (Fsp3) is 1.00. The van der Waals surface area contributed by atoms with Crippen molar-refractivity contribution in [2.75, 3.05) is 52.5 Å². The van der Waals surface area contributed by atoms with Crippen molar-refractivity contribution in [3.8, 4) is 0 Å². The summed E-state index contributed by atoms with van der Waals surface area (Å²) in [5, 5.41) is 13.4. The minimum Gasteiger partial charge on any atom is -0.386 e. The van der Waals surface area contributed by atoms with Crippen molar-refractivity contribution >= 4 is 0 Å². The minimum absolute atomic E-state index is 0.245. The molecule has 2 N–H and O–H groups in total. The van der Waals surface area contributed by atoms with Gasteiger partial charge in [0, 0.05) is 39.2 Å². The lowest BCUT2D eigenvalue weighted by Gasteiger charge is -2.32. The molecule has 0 aromatic rings. The molecule has 2 fully saturated rings. The summed E-state index contributed by atoms with van der Waals surface area (Å²) in [5.74, 6) is 0. The van der Waals surface area contributed by atoms with Crippen molar-refractivity contribution in [2.24, 2.45) is 0 Å². The van der Waals surface area contributed by atoms with Crippen LogP contribution in [0.5, 0.6) is 0 Å². The van der Waals surface area contributed by atoms with E-state index < -0.39 is 5.60 Å². The van der Waals surface area contributed by atoms with Crippen LogP contribution >= 0.6 is 0 Å². The summed E-state index contributed by atoms with van der Waals surface area (Å²) in [7, 11) is 0. The number of rotatable bonds is 5. The number of nitrogens with zero attached hydrogens (tertiary/aromatic N) is 1. The SMILES string of the molecule is CCN1CCOC(CNCC2(O)CCOC2)C1. The standard InChI is InChI=1S/C12H24N2O3/c1-2-14-4-6-17-11(8-14)7-13-9-12(15)3-5-16-10-12/h11,13,15H,2-10H2,1H3. The molecular formula is C12H24N2O3. The number of aliphatic hydroxyl groups is 1. The lowest BCUT2D eigenvalue weighted by molar-refractivity contribution is -0.0298. The molecule has 2 saturated heterocycles. The van der Waals surface area contributed by atoms with Crippen molar-refractivity contribution in [3.05, 3.63) is 0 Å². The monoisotopic (exact) mass is 244 g/mol. The fourth-order valence-electron chi connectivity index (χ4n) is 2.39. The quantitative estimate of drug-likeness (QED) is 0.679. The van der Waals surface area contributed by atoms with Crippen molar-refractivity contribution in [1.29, 1.82) is 0 Å². The third kappa shape index (κ3) is 3.89. The van der Waals surface area contributed by atoms with E-state index in [1.165, 1.54) is 0 Å². The second-order valence-corrected chi connectivity index (χ2v) is 5.04. The molecule has 2 rings (SSSR count). The average molecular weight is 244 g/mol. The number of nitrogens with one attached hydrogen (secondary N) is 1. The molecule has 0 amide bonds. The largest absolute Gasteiger partial charge is 0.386 e. The van der Waals surface area contributed by atoms with E-state index in [0.717, 1.165) is 39.2 Å².